The number of aromatic amines is 1. The van der Waals surface area contributed by atoms with Gasteiger partial charge in [0.1, 0.15) is 33.9 Å². The maximum Gasteiger partial charge on any atom is 0.491 e. The summed E-state index contributed by atoms with van der Waals surface area (Å²) in [4.78, 5) is 148. The van der Waals surface area contributed by atoms with Gasteiger partial charge in [0.15, 0.2) is 0 Å². The lowest BCUT2D eigenvalue weighted by Gasteiger charge is -2.36. The molecular weight excluding hydrogens is 1860 g/mol. The third-order valence-electron chi connectivity index (χ3n) is 21.8. The van der Waals surface area contributed by atoms with E-state index in [1.54, 1.807) is 107 Å². The lowest BCUT2D eigenvalue weighted by Crippen LogP contribution is -2.46. The van der Waals surface area contributed by atoms with Crippen molar-refractivity contribution in [2.75, 3.05) is 126 Å². The minimum Gasteiger partial charge on any atom is -0.480 e. The van der Waals surface area contributed by atoms with Gasteiger partial charge in [0, 0.05) is 81.0 Å². The lowest BCUT2D eigenvalue weighted by molar-refractivity contribution is -0.121. The summed E-state index contributed by atoms with van der Waals surface area (Å²) in [5.41, 5.74) is 6.38. The van der Waals surface area contributed by atoms with Crippen molar-refractivity contribution >= 4 is 156 Å². The largest absolute Gasteiger partial charge is 0.491 e. The minimum atomic E-state index is -1.00. The molecule has 6 aliphatic heterocycles. The van der Waals surface area contributed by atoms with Gasteiger partial charge in [-0.25, -0.2) is 49.1 Å². The van der Waals surface area contributed by atoms with Crippen LogP contribution in [-0.4, -0.2) is 285 Å². The van der Waals surface area contributed by atoms with Gasteiger partial charge in [0.25, 0.3) is 27.8 Å². The quantitative estimate of drug-likeness (QED) is 0.0102. The van der Waals surface area contributed by atoms with Crippen LogP contribution in [0, 0.1) is 0 Å². The summed E-state index contributed by atoms with van der Waals surface area (Å²) in [6, 6.07) is 14.9. The number of amides is 2. The first-order valence-electron chi connectivity index (χ1n) is 41.6. The van der Waals surface area contributed by atoms with Gasteiger partial charge in [0.2, 0.25) is 35.3 Å². The zero-order chi connectivity index (χ0) is 95.2. The molecular formula is C88H115B4Br2Cl2N14O21. The molecule has 7 aromatic rings. The number of halogens is 4. The van der Waals surface area contributed by atoms with Crippen LogP contribution in [0.2, 0.25) is 10.0 Å². The van der Waals surface area contributed by atoms with Crippen LogP contribution in [0.5, 0.6) is 23.5 Å². The van der Waals surface area contributed by atoms with Crippen molar-refractivity contribution in [3.8, 4) is 23.5 Å². The highest BCUT2D eigenvalue weighted by Gasteiger charge is 2.52. The van der Waals surface area contributed by atoms with E-state index in [1.165, 1.54) is 69.6 Å². The van der Waals surface area contributed by atoms with E-state index in [4.69, 9.17) is 66.0 Å². The number of anilines is 2. The number of ether oxygens (including phenoxy) is 7. The number of pyridine rings is 7. The maximum atomic E-state index is 12.6. The number of hydrogen-bond acceptors (Lipinski definition) is 31. The molecule has 13 heterocycles. The average molecular weight is 1980 g/mol. The van der Waals surface area contributed by atoms with Gasteiger partial charge in [-0.05, 0) is 254 Å². The van der Waals surface area contributed by atoms with Crippen molar-refractivity contribution in [2.24, 2.45) is 0 Å². The first-order chi connectivity index (χ1) is 62.2. The standard InChI is InChI=1S/C19H23ClN4O3.C14H18BN2O4.C14H16BN2O4.C12H20B2NO3.C12H16N2O3.C8H8BrClN2O.C8H8BrNO3.CH4.H2/c1-12(18(26)23-17-5-4-16(20)9-21-17)24-6-2-3-13(10-24)14-7-15(11-25)19(27)22-8-14;2*1-20-13-12(14(19)21-2)6-11(7-16-13)10-4-3-5-17(8-10)15-9-18;1-11(2)12(3,4)18-14(17-11)10-6-5-7-15(8-10)13-9-16;1-17-11-10(12(15)16)5-9(7-14-11)8-3-2-4-13-6-8;1-5(9)8(13)12-7-3-2-6(10)4-11-7;1-12-7-6(8(11)13-2)3-5(9)4-10-7;;/h4-5,7-9,12-13,25H,2-3,6,10-11H2,1H3,(H,22,27)(H,21,23,26);6-7,9-10H,3-5,8H2,1-2H3;4,6-7,9H,3,5,8H2,1-2H3;6,9H,5,7-8H2,1-4H3;5,7-8,13H,2-4,6H2,1H3,(H,15,16);2-5H,1H3,(H,11,12,13);3-4H,1-2H3;1H4;1H/t12-,13+;;;;;5-;;;/m0....1.../s1. The number of carbonyl (C=O) groups excluding carboxylic acids is 8. The van der Waals surface area contributed by atoms with Crippen molar-refractivity contribution in [3.05, 3.63) is 191 Å². The summed E-state index contributed by atoms with van der Waals surface area (Å²) >= 11 is 17.8. The van der Waals surface area contributed by atoms with E-state index in [1.807, 2.05) is 49.1 Å². The summed E-state index contributed by atoms with van der Waals surface area (Å²) in [6.45, 7) is 19.6. The molecule has 2 unspecified atom stereocenters. The molecule has 0 bridgehead atoms. The Kier molecular flexibility index (Phi) is 46.3. The number of H-pyrrole nitrogens is 1. The second kappa shape index (κ2) is 55.4. The number of rotatable bonds is 25. The molecule has 0 aromatic carbocycles. The highest BCUT2D eigenvalue weighted by atomic mass is 79.9. The predicted molar refractivity (Wildman–Crippen MR) is 511 cm³/mol. The van der Waals surface area contributed by atoms with Crippen LogP contribution < -0.4 is 40.5 Å². The first-order valence-corrected chi connectivity index (χ1v) is 44.1. The highest BCUT2D eigenvalue weighted by molar-refractivity contribution is 9.10. The van der Waals surface area contributed by atoms with Gasteiger partial charge in [-0.1, -0.05) is 58.7 Å². The van der Waals surface area contributed by atoms with Crippen LogP contribution in [0.15, 0.2) is 125 Å². The number of alkyl halides is 1. The fourth-order valence-corrected chi connectivity index (χ4v) is 14.7. The molecule has 703 valence electrons. The van der Waals surface area contributed by atoms with Gasteiger partial charge in [-0.3, -0.25) is 19.3 Å². The van der Waals surface area contributed by atoms with Crippen LogP contribution in [0.1, 0.15) is 189 Å². The molecule has 35 nitrogen and oxygen atoms in total. The summed E-state index contributed by atoms with van der Waals surface area (Å²) < 4.78 is 46.8. The number of carboxylic acids is 1. The van der Waals surface area contributed by atoms with Crippen molar-refractivity contribution < 1.29 is 97.3 Å². The molecule has 131 heavy (non-hydrogen) atoms. The number of nitrogens with one attached hydrogen (secondary N) is 4. The average Bonchev–Trinajstić information content (AvgIpc) is 1.62. The smallest absolute Gasteiger partial charge is 0.480 e. The Labute approximate surface area is 794 Å². The molecule has 5 atom stereocenters. The summed E-state index contributed by atoms with van der Waals surface area (Å²) in [7, 11) is 14.1. The molecule has 13 rings (SSSR count). The molecule has 4 saturated heterocycles. The first kappa shape index (κ1) is 110. The number of carboxylic acid groups (broad SMARTS) is 1. The van der Waals surface area contributed by atoms with Crippen LogP contribution in [-0.2, 0) is 54.1 Å². The van der Waals surface area contributed by atoms with E-state index in [2.05, 4.69) is 104 Å². The van der Waals surface area contributed by atoms with Crippen LogP contribution in [0.4, 0.5) is 11.6 Å². The van der Waals surface area contributed by atoms with Crippen LogP contribution >= 0.6 is 55.1 Å². The Bertz CT molecular complexity index is 5060. The summed E-state index contributed by atoms with van der Waals surface area (Å²) in [5.74, 6) is 0.00216. The van der Waals surface area contributed by atoms with Crippen molar-refractivity contribution in [2.45, 2.75) is 147 Å². The molecule has 0 saturated carbocycles. The van der Waals surface area contributed by atoms with Crippen molar-refractivity contribution in [1.29, 1.82) is 0 Å². The molecule has 43 heteroatoms. The predicted octanol–water partition coefficient (Wildman–Crippen LogP) is 11.1. The normalized spacial score (nSPS) is 17.8. The SMILES string of the molecule is C.CC1(C)OB(C2=CCCN([B]C=O)C2)OC1(C)C.COC(=O)c1cc(Br)cnc1OC.COC(=O)c1cc(C2=CCCN([B]C=O)C2)cnc1OC.COC(=O)c1cc(C2CCCN([B]C=O)C2)cnc1OC.COc1ncc(C2CCCNC2)cc1C(=O)O.C[C@@H](Br)C(=O)Nc1ccc(Cl)cn1.C[C@@H](C(=O)Nc1ccc(Cl)cn1)N1CCC[C@@H](c2c[nH]c(=O)c(CO)c2)C1.[HH]. The van der Waals surface area contributed by atoms with Crippen LogP contribution in [0.25, 0.3) is 5.57 Å². The summed E-state index contributed by atoms with van der Waals surface area (Å²) in [5, 5.41) is 28.2. The zero-order valence-electron chi connectivity index (χ0n) is 74.9. The minimum absolute atomic E-state index is 0. The number of aromatic carboxylic acids is 1. The van der Waals surface area contributed by atoms with Gasteiger partial charge < -0.3 is 102 Å². The zero-order valence-corrected chi connectivity index (χ0v) is 79.6. The van der Waals surface area contributed by atoms with E-state index in [0.717, 1.165) is 149 Å². The number of piperidine rings is 3. The number of aliphatic hydroxyl groups excluding tert-OH is 1. The van der Waals surface area contributed by atoms with Gasteiger partial charge in [-0.15, -0.1) is 0 Å². The Morgan fingerprint density at radius 1 is 0.603 bits per heavy atom. The Hall–Kier alpha value is -10.2. The summed E-state index contributed by atoms with van der Waals surface area (Å²) in [6.07, 6.45) is 25.8. The number of nitrogens with zero attached hydrogens (tertiary/aromatic N) is 10. The third-order valence-corrected chi connectivity index (χ3v) is 23.1. The van der Waals surface area contributed by atoms with E-state index in [0.29, 0.717) is 68.4 Å². The third kappa shape index (κ3) is 33.5. The monoisotopic (exact) mass is 1980 g/mol. The van der Waals surface area contributed by atoms with Gasteiger partial charge in [-0.2, -0.15) is 0 Å². The van der Waals surface area contributed by atoms with E-state index < -0.39 is 23.9 Å². The second-order valence-electron chi connectivity index (χ2n) is 31.0. The molecule has 7 aromatic heterocycles. The fourth-order valence-electron chi connectivity index (χ4n) is 14.1. The van der Waals surface area contributed by atoms with Crippen molar-refractivity contribution in [3.63, 3.8) is 0 Å². The second-order valence-corrected chi connectivity index (χ2v) is 34.2. The number of methoxy groups -OCH3 is 7. The molecule has 6 N–H and O–H groups in total. The molecule has 4 fully saturated rings. The van der Waals surface area contributed by atoms with E-state index >= 15 is 0 Å². The van der Waals surface area contributed by atoms with Gasteiger partial charge in [0.05, 0.1) is 107 Å². The highest BCUT2D eigenvalue weighted by Crippen LogP contribution is 2.40. The molecule has 0 aliphatic carbocycles. The van der Waals surface area contributed by atoms with E-state index in [-0.39, 0.29) is 109 Å². The van der Waals surface area contributed by atoms with Crippen LogP contribution in [0.3, 0.4) is 0 Å². The Morgan fingerprint density at radius 2 is 1.08 bits per heavy atom. The number of hydrogen-bond donors (Lipinski definition) is 6. The molecule has 3 radical (unpaired) electrons. The number of aromatic nitrogens is 7. The number of aliphatic hydroxyl groups is 1. The van der Waals surface area contributed by atoms with E-state index in [9.17, 15) is 53.1 Å². The van der Waals surface area contributed by atoms with Gasteiger partial charge >= 0.3 is 31.0 Å². The fraction of sp³-hybridized carbons (Fsp3) is 0.455. The topological polar surface area (TPSA) is 436 Å². The molecule has 6 aliphatic rings. The molecule has 2 amide bonds. The number of carbonyl (C=O) groups is 9. The Morgan fingerprint density at radius 3 is 1.60 bits per heavy atom. The maximum absolute atomic E-state index is 12.6. The Balaban J connectivity index is 0.000000275. The van der Waals surface area contributed by atoms with Crippen molar-refractivity contribution in [1.82, 2.24) is 59.5 Å². The molecule has 0 spiro atoms. The number of esters is 3. The number of likely N-dealkylation sites (tertiary alicyclic amines) is 1. The lowest BCUT2D eigenvalue weighted by atomic mass is 9.74.